The summed E-state index contributed by atoms with van der Waals surface area (Å²) in [6.07, 6.45) is 0.650. The van der Waals surface area contributed by atoms with E-state index in [0.29, 0.717) is 6.04 Å². The zero-order chi connectivity index (χ0) is 11.9. The zero-order valence-electron chi connectivity index (χ0n) is 9.92. The van der Waals surface area contributed by atoms with Crippen LogP contribution in [0.3, 0.4) is 0 Å². The first-order chi connectivity index (χ1) is 7.39. The summed E-state index contributed by atoms with van der Waals surface area (Å²) in [6, 6.07) is 6.65. The van der Waals surface area contributed by atoms with Crippen molar-refractivity contribution in [3.63, 3.8) is 0 Å². The van der Waals surface area contributed by atoms with Crippen LogP contribution in [0.25, 0.3) is 0 Å². The first kappa shape index (κ1) is 11.9. The second-order valence-corrected chi connectivity index (χ2v) is 6.20. The van der Waals surface area contributed by atoms with Gasteiger partial charge in [0, 0.05) is 21.6 Å². The second kappa shape index (κ2) is 4.04. The lowest BCUT2D eigenvalue weighted by Crippen LogP contribution is -2.56. The highest BCUT2D eigenvalue weighted by Crippen LogP contribution is 2.42. The molecule has 2 atom stereocenters. The summed E-state index contributed by atoms with van der Waals surface area (Å²) in [5.74, 6) is 0. The van der Waals surface area contributed by atoms with E-state index in [1.165, 1.54) is 5.56 Å². The maximum absolute atomic E-state index is 9.68. The predicted molar refractivity (Wildman–Crippen MR) is 70.7 cm³/mol. The molecule has 0 saturated heterocycles. The van der Waals surface area contributed by atoms with Crippen molar-refractivity contribution in [1.82, 2.24) is 0 Å². The van der Waals surface area contributed by atoms with E-state index in [1.54, 1.807) is 0 Å². The van der Waals surface area contributed by atoms with E-state index in [-0.39, 0.29) is 11.5 Å². The summed E-state index contributed by atoms with van der Waals surface area (Å²) < 4.78 is 1.09. The summed E-state index contributed by atoms with van der Waals surface area (Å²) in [6.45, 7) is 6.28. The second-order valence-electron chi connectivity index (χ2n) is 5.29. The molecule has 3 heteroatoms. The Morgan fingerprint density at radius 1 is 1.38 bits per heavy atom. The van der Waals surface area contributed by atoms with E-state index < -0.39 is 0 Å². The standard InChI is InChI=1S/C13H18BrNO/c1-8-4-9(14)6-10(5-8)15-11-7-12(16)13(11,2)3/h4-6,11-12,15-16H,7H2,1-3H3. The van der Waals surface area contributed by atoms with Crippen LogP contribution in [0.2, 0.25) is 0 Å². The van der Waals surface area contributed by atoms with Gasteiger partial charge in [0.2, 0.25) is 0 Å². The molecule has 88 valence electrons. The van der Waals surface area contributed by atoms with E-state index in [2.05, 4.69) is 60.2 Å². The number of aliphatic hydroxyl groups is 1. The number of hydrogen-bond acceptors (Lipinski definition) is 2. The average Bonchev–Trinajstić information content (AvgIpc) is 2.15. The number of rotatable bonds is 2. The molecule has 0 aromatic heterocycles. The average molecular weight is 284 g/mol. The van der Waals surface area contributed by atoms with Crippen molar-refractivity contribution in [1.29, 1.82) is 0 Å². The van der Waals surface area contributed by atoms with Gasteiger partial charge in [-0.1, -0.05) is 29.8 Å². The molecule has 2 rings (SSSR count). The van der Waals surface area contributed by atoms with Crippen LogP contribution in [0.1, 0.15) is 25.8 Å². The first-order valence-corrected chi connectivity index (χ1v) is 6.40. The molecule has 2 N–H and O–H groups in total. The maximum Gasteiger partial charge on any atom is 0.0630 e. The molecule has 2 unspecified atom stereocenters. The van der Waals surface area contributed by atoms with Crippen LogP contribution in [0.15, 0.2) is 22.7 Å². The van der Waals surface area contributed by atoms with Gasteiger partial charge in [-0.25, -0.2) is 0 Å². The predicted octanol–water partition coefficient (Wildman–Crippen LogP) is 3.33. The molecule has 0 aliphatic heterocycles. The molecule has 1 saturated carbocycles. The van der Waals surface area contributed by atoms with E-state index in [4.69, 9.17) is 0 Å². The van der Waals surface area contributed by atoms with Gasteiger partial charge in [0.05, 0.1) is 6.10 Å². The van der Waals surface area contributed by atoms with Gasteiger partial charge in [-0.05, 0) is 37.1 Å². The van der Waals surface area contributed by atoms with Gasteiger partial charge < -0.3 is 10.4 Å². The van der Waals surface area contributed by atoms with Gasteiger partial charge in [-0.2, -0.15) is 0 Å². The summed E-state index contributed by atoms with van der Waals surface area (Å²) in [5.41, 5.74) is 2.32. The Labute approximate surface area is 105 Å². The van der Waals surface area contributed by atoms with E-state index in [1.807, 2.05) is 0 Å². The van der Waals surface area contributed by atoms with Gasteiger partial charge >= 0.3 is 0 Å². The maximum atomic E-state index is 9.68. The highest BCUT2D eigenvalue weighted by atomic mass is 79.9. The molecule has 0 bridgehead atoms. The van der Waals surface area contributed by atoms with Crippen molar-refractivity contribution in [2.45, 2.75) is 39.3 Å². The number of benzene rings is 1. The highest BCUT2D eigenvalue weighted by Gasteiger charge is 2.47. The summed E-state index contributed by atoms with van der Waals surface area (Å²) in [4.78, 5) is 0. The monoisotopic (exact) mass is 283 g/mol. The van der Waals surface area contributed by atoms with E-state index >= 15 is 0 Å². The summed E-state index contributed by atoms with van der Waals surface area (Å²) >= 11 is 3.49. The molecule has 0 spiro atoms. The molecule has 1 aromatic rings. The zero-order valence-corrected chi connectivity index (χ0v) is 11.5. The summed E-state index contributed by atoms with van der Waals surface area (Å²) in [7, 11) is 0. The molecular weight excluding hydrogens is 266 g/mol. The Kier molecular flexibility index (Phi) is 3.01. The molecule has 1 fully saturated rings. The topological polar surface area (TPSA) is 32.3 Å². The molecule has 0 radical (unpaired) electrons. The van der Waals surface area contributed by atoms with Crippen molar-refractivity contribution < 1.29 is 5.11 Å². The largest absolute Gasteiger partial charge is 0.392 e. The van der Waals surface area contributed by atoms with Gasteiger partial charge in [-0.15, -0.1) is 0 Å². The van der Waals surface area contributed by atoms with Crippen molar-refractivity contribution in [3.05, 3.63) is 28.2 Å². The minimum absolute atomic E-state index is 0.0315. The third-order valence-corrected chi connectivity index (χ3v) is 4.06. The highest BCUT2D eigenvalue weighted by molar-refractivity contribution is 9.10. The lowest BCUT2D eigenvalue weighted by Gasteiger charge is -2.49. The van der Waals surface area contributed by atoms with E-state index in [0.717, 1.165) is 16.6 Å². The molecule has 0 heterocycles. The minimum atomic E-state index is -0.182. The molecule has 1 aromatic carbocycles. The Hall–Kier alpha value is -0.540. The molecular formula is C13H18BrNO. The molecule has 2 nitrogen and oxygen atoms in total. The Morgan fingerprint density at radius 2 is 2.06 bits per heavy atom. The fourth-order valence-corrected chi connectivity index (χ4v) is 2.78. The van der Waals surface area contributed by atoms with Crippen LogP contribution in [-0.2, 0) is 0 Å². The Bertz CT molecular complexity index is 383. The number of hydrogen-bond donors (Lipinski definition) is 2. The number of halogens is 1. The lowest BCUT2D eigenvalue weighted by atomic mass is 9.64. The van der Waals surface area contributed by atoms with Gasteiger partial charge in [-0.3, -0.25) is 0 Å². The first-order valence-electron chi connectivity index (χ1n) is 5.61. The molecule has 1 aliphatic rings. The van der Waals surface area contributed by atoms with Gasteiger partial charge in [0.25, 0.3) is 0 Å². The van der Waals surface area contributed by atoms with Gasteiger partial charge in [0.15, 0.2) is 0 Å². The molecule has 1 aliphatic carbocycles. The normalized spacial score (nSPS) is 27.3. The summed E-state index contributed by atoms with van der Waals surface area (Å²) in [5, 5.41) is 13.2. The van der Waals surface area contributed by atoms with Crippen LogP contribution < -0.4 is 5.32 Å². The quantitative estimate of drug-likeness (QED) is 0.873. The van der Waals surface area contributed by atoms with Crippen molar-refractivity contribution >= 4 is 21.6 Å². The number of aryl methyl sites for hydroxylation is 1. The molecule has 16 heavy (non-hydrogen) atoms. The van der Waals surface area contributed by atoms with Crippen LogP contribution in [0, 0.1) is 12.3 Å². The van der Waals surface area contributed by atoms with Crippen molar-refractivity contribution in [2.24, 2.45) is 5.41 Å². The smallest absolute Gasteiger partial charge is 0.0630 e. The van der Waals surface area contributed by atoms with Crippen LogP contribution >= 0.6 is 15.9 Å². The Morgan fingerprint density at radius 3 is 2.56 bits per heavy atom. The fourth-order valence-electron chi connectivity index (χ4n) is 2.17. The van der Waals surface area contributed by atoms with E-state index in [9.17, 15) is 5.11 Å². The minimum Gasteiger partial charge on any atom is -0.392 e. The Balaban J connectivity index is 2.11. The third kappa shape index (κ3) is 2.11. The number of anilines is 1. The van der Waals surface area contributed by atoms with Gasteiger partial charge in [0.1, 0.15) is 0 Å². The fraction of sp³-hybridized carbons (Fsp3) is 0.538. The third-order valence-electron chi connectivity index (χ3n) is 3.60. The van der Waals surface area contributed by atoms with Crippen LogP contribution in [0.5, 0.6) is 0 Å². The number of aliphatic hydroxyl groups excluding tert-OH is 1. The number of nitrogens with one attached hydrogen (secondary N) is 1. The van der Waals surface area contributed by atoms with Crippen LogP contribution in [-0.4, -0.2) is 17.3 Å². The lowest BCUT2D eigenvalue weighted by molar-refractivity contribution is -0.0510. The van der Waals surface area contributed by atoms with Crippen LogP contribution in [0.4, 0.5) is 5.69 Å². The van der Waals surface area contributed by atoms with Crippen molar-refractivity contribution in [2.75, 3.05) is 5.32 Å². The van der Waals surface area contributed by atoms with Crippen molar-refractivity contribution in [3.8, 4) is 0 Å². The SMILES string of the molecule is Cc1cc(Br)cc(NC2CC(O)C2(C)C)c1. The molecule has 0 amide bonds.